The van der Waals surface area contributed by atoms with Gasteiger partial charge in [-0.2, -0.15) is 0 Å². The molecule has 42 atom stereocenters. The molecule has 16 N–H and O–H groups in total. The van der Waals surface area contributed by atoms with Gasteiger partial charge in [-0.1, -0.05) is 230 Å². The number of aliphatic carboxylic acids is 2. The normalized spacial score (nSPS) is 50.0. The van der Waals surface area contributed by atoms with Crippen LogP contribution in [0.25, 0.3) is 0 Å². The first-order chi connectivity index (χ1) is 55.2. The number of hydrogen-bond acceptors (Lipinski definition) is 20. The fourth-order valence-corrected chi connectivity index (χ4v) is 33.7. The van der Waals surface area contributed by atoms with Gasteiger partial charge in [0.2, 0.25) is 0 Å². The van der Waals surface area contributed by atoms with Gasteiger partial charge in [-0.05, 0) is 251 Å². The van der Waals surface area contributed by atoms with Crippen molar-refractivity contribution < 1.29 is 19.8 Å². The summed E-state index contributed by atoms with van der Waals surface area (Å²) in [5, 5.41) is 97.1. The second-order valence-electron chi connectivity index (χ2n) is 52.4. The van der Waals surface area contributed by atoms with Crippen LogP contribution in [0.15, 0.2) is 0 Å². The van der Waals surface area contributed by atoms with E-state index in [1.807, 2.05) is 0 Å². The first-order valence-corrected chi connectivity index (χ1v) is 49.8. The van der Waals surface area contributed by atoms with Crippen LogP contribution in [0.3, 0.4) is 0 Å². The van der Waals surface area contributed by atoms with Crippen molar-refractivity contribution in [2.45, 2.75) is 406 Å². The second-order valence-corrected chi connectivity index (χ2v) is 52.4. The summed E-state index contributed by atoms with van der Waals surface area (Å²) >= 11 is 0. The molecule has 18 fully saturated rings. The molecule has 8 saturated carbocycles. The standard InChI is InChI=1S/2C49H88N8O2.Pb/c2*1-46(2,3)29-23-17-22-28-30(29)42-55-41(28)53-39-25-19-14-13-18-24(25)37(51-39)50-38-26-20-15-16-21-27(26)40(52-38)54-43-31-32(44(56-42)57-43)34(47(4,5)6)36(49(10,11)12)35(48(7,8)9)33(31)45(58)59;/h2*24-44,50-57H,13-23H2,1-12H3,(H,58,59);/q;;+2/p-2. The van der Waals surface area contributed by atoms with E-state index < -0.39 is 23.8 Å². The summed E-state index contributed by atoms with van der Waals surface area (Å²) in [5.74, 6) is 5.63. The van der Waals surface area contributed by atoms with Gasteiger partial charge < -0.3 is 19.8 Å². The van der Waals surface area contributed by atoms with E-state index in [0.29, 0.717) is 82.9 Å². The molecule has 16 bridgehead atoms. The Morgan fingerprint density at radius 3 is 0.555 bits per heavy atom. The average Bonchev–Trinajstić information content (AvgIpc) is 1.63. The maximum absolute atomic E-state index is 14.2. The molecular weight excluding hydrogens is 1670 g/mol. The quantitative estimate of drug-likeness (QED) is 0.115. The number of hydrogen-bond donors (Lipinski definition) is 16. The fourth-order valence-electron chi connectivity index (χ4n) is 33.7. The Morgan fingerprint density at radius 1 is 0.193 bits per heavy atom. The zero-order valence-electron chi connectivity index (χ0n) is 78.9. The van der Waals surface area contributed by atoms with Gasteiger partial charge >= 0.3 is 27.3 Å². The van der Waals surface area contributed by atoms with Gasteiger partial charge in [-0.25, -0.2) is 0 Å². The molecule has 10 heterocycles. The van der Waals surface area contributed by atoms with Gasteiger partial charge in [-0.3, -0.25) is 85.1 Å². The van der Waals surface area contributed by atoms with Crippen LogP contribution < -0.4 is 95.3 Å². The number of carbonyl (C=O) groups excluding carboxylic acids is 2. The molecule has 674 valence electrons. The van der Waals surface area contributed by atoms with E-state index in [4.69, 9.17) is 0 Å². The number of nitrogens with one attached hydrogen (secondary N) is 16. The van der Waals surface area contributed by atoms with E-state index in [1.165, 1.54) is 141 Å². The van der Waals surface area contributed by atoms with E-state index in [0.717, 1.165) is 0 Å². The van der Waals surface area contributed by atoms with Crippen molar-refractivity contribution in [3.63, 3.8) is 0 Å². The summed E-state index contributed by atoms with van der Waals surface area (Å²) in [6.45, 7) is 57.7. The van der Waals surface area contributed by atoms with E-state index >= 15 is 0 Å². The van der Waals surface area contributed by atoms with E-state index in [9.17, 15) is 19.8 Å². The molecule has 119 heavy (non-hydrogen) atoms. The van der Waals surface area contributed by atoms with E-state index in [-0.39, 0.29) is 228 Å². The summed E-state index contributed by atoms with van der Waals surface area (Å²) in [7, 11) is 0. The molecular formula is C98H174N16O4Pb. The molecule has 2 radical (unpaired) electrons. The Kier molecular flexibility index (Phi) is 25.8. The molecule has 8 aliphatic carbocycles. The van der Waals surface area contributed by atoms with Crippen LogP contribution in [0, 0.1) is 197 Å². The molecule has 20 nitrogen and oxygen atoms in total. The molecule has 10 aliphatic heterocycles. The van der Waals surface area contributed by atoms with Gasteiger partial charge in [0.05, 0.1) is 98.7 Å². The largest absolute Gasteiger partial charge is 2.00 e. The third kappa shape index (κ3) is 16.9. The Balaban J connectivity index is 0.000000176. The summed E-state index contributed by atoms with van der Waals surface area (Å²) in [4.78, 5) is 28.3. The summed E-state index contributed by atoms with van der Waals surface area (Å²) in [6.07, 6.45) is 30.0. The molecule has 18 aliphatic rings. The fraction of sp³-hybridized carbons (Fsp3) is 0.980. The molecule has 0 aromatic rings. The van der Waals surface area contributed by atoms with E-state index in [1.54, 1.807) is 0 Å². The van der Waals surface area contributed by atoms with Crippen molar-refractivity contribution in [1.29, 1.82) is 0 Å². The number of carbonyl (C=O) groups is 2. The third-order valence-electron chi connectivity index (χ3n) is 37.5. The smallest absolute Gasteiger partial charge is 0.550 e. The Bertz CT molecular complexity index is 3290. The van der Waals surface area contributed by atoms with Gasteiger partial charge in [0.15, 0.2) is 0 Å². The average molecular weight is 1850 g/mol. The van der Waals surface area contributed by atoms with Gasteiger partial charge in [0, 0.05) is 35.6 Å². The van der Waals surface area contributed by atoms with Crippen LogP contribution in [0.2, 0.25) is 0 Å². The van der Waals surface area contributed by atoms with E-state index in [2.05, 4.69) is 251 Å². The van der Waals surface area contributed by atoms with Crippen molar-refractivity contribution in [2.24, 2.45) is 197 Å². The minimum Gasteiger partial charge on any atom is -0.550 e. The first kappa shape index (κ1) is 91.5. The Labute approximate surface area is 742 Å². The van der Waals surface area contributed by atoms with Crippen LogP contribution in [0.1, 0.15) is 307 Å². The number of rotatable bonds is 2. The molecule has 18 rings (SSSR count). The van der Waals surface area contributed by atoms with Crippen molar-refractivity contribution in [3.8, 4) is 0 Å². The SMILES string of the molecule is CC(C)(C)C1CCCC2C3NC4NC(NC5NC(NC6NC(NC(N3)C21)C1C6C(C(=O)[O-])C(C(C)(C)C)C(C(C)(C)C)C1C(C)(C)C)C1CCCCC51)C1CCCCC41.CC(C)(C)C1CCCC2C3NC4NC(NC5NC(NC6NC(NC(N3)C21)C1C6C(C(=O)[O-])C(C(C)(C)C)C(C(C)(C)C)C1C(C)(C)C)C1CCCCC51)C1CCCCC41.[Pb+2]. The van der Waals surface area contributed by atoms with Gasteiger partial charge in [0.25, 0.3) is 0 Å². The first-order valence-electron chi connectivity index (χ1n) is 49.8. The second kappa shape index (κ2) is 33.6. The summed E-state index contributed by atoms with van der Waals surface area (Å²) in [5.41, 5.74) is -0.386. The zero-order valence-corrected chi connectivity index (χ0v) is 82.8. The number of carboxylic acid groups (broad SMARTS) is 2. The maximum Gasteiger partial charge on any atom is 2.00 e. The maximum atomic E-state index is 14.2. The number of fused-ring (bicyclic) bond motifs is 40. The van der Waals surface area contributed by atoms with Crippen LogP contribution in [-0.4, -0.2) is 138 Å². The predicted molar refractivity (Wildman–Crippen MR) is 475 cm³/mol. The topological polar surface area (TPSA) is 273 Å². The molecule has 10 saturated heterocycles. The molecule has 0 amide bonds. The molecule has 42 unspecified atom stereocenters. The van der Waals surface area contributed by atoms with Crippen LogP contribution >= 0.6 is 0 Å². The summed E-state index contributed by atoms with van der Waals surface area (Å²) in [6, 6.07) is 0. The molecule has 0 aromatic heterocycles. The predicted octanol–water partition coefficient (Wildman–Crippen LogP) is 11.0. The molecule has 21 heteroatoms. The zero-order chi connectivity index (χ0) is 84.3. The Morgan fingerprint density at radius 2 is 0.361 bits per heavy atom. The van der Waals surface area contributed by atoms with Gasteiger partial charge in [-0.15, -0.1) is 0 Å². The van der Waals surface area contributed by atoms with Crippen LogP contribution in [-0.2, 0) is 9.59 Å². The van der Waals surface area contributed by atoms with Gasteiger partial charge in [0.1, 0.15) is 0 Å². The van der Waals surface area contributed by atoms with Crippen molar-refractivity contribution in [1.82, 2.24) is 85.1 Å². The summed E-state index contributed by atoms with van der Waals surface area (Å²) < 4.78 is 0. The molecule has 0 aromatic carbocycles. The number of carboxylic acids is 2. The third-order valence-corrected chi connectivity index (χ3v) is 37.5. The minimum absolute atomic E-state index is 0. The van der Waals surface area contributed by atoms with Crippen LogP contribution in [0.5, 0.6) is 0 Å². The van der Waals surface area contributed by atoms with Crippen molar-refractivity contribution in [2.75, 3.05) is 0 Å². The van der Waals surface area contributed by atoms with Crippen LogP contribution in [0.4, 0.5) is 0 Å². The molecule has 0 spiro atoms. The monoisotopic (exact) mass is 1850 g/mol. The van der Waals surface area contributed by atoms with Crippen molar-refractivity contribution >= 4 is 39.2 Å². The minimum atomic E-state index is -0.858. The van der Waals surface area contributed by atoms with Crippen molar-refractivity contribution in [3.05, 3.63) is 0 Å². The Hall–Kier alpha value is -0.778.